The van der Waals surface area contributed by atoms with Gasteiger partial charge in [0.2, 0.25) is 0 Å². The number of alkyl halides is 1. The van der Waals surface area contributed by atoms with Gasteiger partial charge < -0.3 is 0 Å². The van der Waals surface area contributed by atoms with Gasteiger partial charge in [-0.2, -0.15) is 0 Å². The lowest BCUT2D eigenvalue weighted by molar-refractivity contribution is 0.198. The summed E-state index contributed by atoms with van der Waals surface area (Å²) in [5, 5.41) is 0. The Morgan fingerprint density at radius 1 is 1.78 bits per heavy atom. The van der Waals surface area contributed by atoms with Crippen molar-refractivity contribution in [3.05, 3.63) is 0 Å². The molecule has 2 nitrogen and oxygen atoms in total. The van der Waals surface area contributed by atoms with E-state index in [4.69, 9.17) is 11.2 Å². The molecule has 0 aliphatic carbocycles. The van der Waals surface area contributed by atoms with Gasteiger partial charge >= 0.3 is 0 Å². The highest BCUT2D eigenvalue weighted by Gasteiger charge is 2.23. The molecule has 0 saturated heterocycles. The SMILES string of the molecule is CC(C)P(=O)(Cl)OCF. The fourth-order valence-corrected chi connectivity index (χ4v) is 0.757. The van der Waals surface area contributed by atoms with E-state index in [0.29, 0.717) is 0 Å². The van der Waals surface area contributed by atoms with Crippen LogP contribution in [0.3, 0.4) is 0 Å². The summed E-state index contributed by atoms with van der Waals surface area (Å²) in [4.78, 5) is 0. The van der Waals surface area contributed by atoms with Crippen molar-refractivity contribution in [2.24, 2.45) is 0 Å². The number of hydrogen-bond donors (Lipinski definition) is 0. The molecule has 0 heterocycles. The van der Waals surface area contributed by atoms with E-state index in [1.807, 2.05) is 0 Å². The maximum atomic E-state index is 11.4. The Morgan fingerprint density at radius 2 is 2.22 bits per heavy atom. The zero-order valence-electron chi connectivity index (χ0n) is 5.30. The van der Waals surface area contributed by atoms with Gasteiger partial charge in [-0.3, -0.25) is 9.09 Å². The summed E-state index contributed by atoms with van der Waals surface area (Å²) in [5.41, 5.74) is -0.324. The molecule has 0 bridgehead atoms. The zero-order chi connectivity index (χ0) is 7.49. The minimum Gasteiger partial charge on any atom is -0.285 e. The van der Waals surface area contributed by atoms with Crippen LogP contribution < -0.4 is 0 Å². The lowest BCUT2D eigenvalue weighted by Crippen LogP contribution is -1.95. The number of rotatable bonds is 3. The highest BCUT2D eigenvalue weighted by Crippen LogP contribution is 2.56. The van der Waals surface area contributed by atoms with Gasteiger partial charge in [-0.25, -0.2) is 4.39 Å². The van der Waals surface area contributed by atoms with Crippen molar-refractivity contribution >= 4 is 18.0 Å². The molecule has 0 aromatic carbocycles. The van der Waals surface area contributed by atoms with E-state index in [-0.39, 0.29) is 5.66 Å². The minimum absolute atomic E-state index is 0.324. The largest absolute Gasteiger partial charge is 0.294 e. The Bertz CT molecular complexity index is 128. The Hall–Kier alpha value is 0.410. The van der Waals surface area contributed by atoms with Crippen LogP contribution in [-0.4, -0.2) is 12.5 Å². The molecule has 0 saturated carbocycles. The summed E-state index contributed by atoms with van der Waals surface area (Å²) >= 11 is 5.26. The summed E-state index contributed by atoms with van der Waals surface area (Å²) in [6.45, 7) is -1.02. The minimum atomic E-state index is -3.17. The second-order valence-electron chi connectivity index (χ2n) is 1.85. The zero-order valence-corrected chi connectivity index (χ0v) is 6.95. The first-order valence-corrected chi connectivity index (χ1v) is 5.10. The fourth-order valence-electron chi connectivity index (χ4n) is 0.216. The van der Waals surface area contributed by atoms with Crippen molar-refractivity contribution in [3.8, 4) is 0 Å². The normalized spacial score (nSPS) is 17.9. The van der Waals surface area contributed by atoms with Crippen LogP contribution in [0, 0.1) is 0 Å². The average molecular weight is 175 g/mol. The average Bonchev–Trinajstić information content (AvgIpc) is 1.65. The first-order chi connectivity index (χ1) is 4.00. The van der Waals surface area contributed by atoms with Gasteiger partial charge in [-0.05, 0) is 11.2 Å². The molecule has 0 aliphatic rings. The molecule has 0 spiro atoms. The Morgan fingerprint density at radius 3 is 2.33 bits per heavy atom. The van der Waals surface area contributed by atoms with Crippen LogP contribution in [0.25, 0.3) is 0 Å². The van der Waals surface area contributed by atoms with Crippen LogP contribution in [0.4, 0.5) is 4.39 Å². The molecule has 5 heteroatoms. The van der Waals surface area contributed by atoms with E-state index >= 15 is 0 Å². The number of hydrogen-bond acceptors (Lipinski definition) is 2. The third-order valence-electron chi connectivity index (χ3n) is 0.842. The smallest absolute Gasteiger partial charge is 0.285 e. The highest BCUT2D eigenvalue weighted by atomic mass is 35.7. The Kier molecular flexibility index (Phi) is 3.71. The third kappa shape index (κ3) is 3.19. The van der Waals surface area contributed by atoms with Crippen molar-refractivity contribution in [2.45, 2.75) is 19.5 Å². The molecule has 0 aliphatic heterocycles. The first-order valence-electron chi connectivity index (χ1n) is 2.50. The van der Waals surface area contributed by atoms with Crippen molar-refractivity contribution < 1.29 is 13.5 Å². The van der Waals surface area contributed by atoms with Crippen molar-refractivity contribution in [2.75, 3.05) is 6.86 Å². The monoisotopic (exact) mass is 174 g/mol. The van der Waals surface area contributed by atoms with Crippen molar-refractivity contribution in [3.63, 3.8) is 0 Å². The van der Waals surface area contributed by atoms with Crippen LogP contribution in [0.5, 0.6) is 0 Å². The predicted octanol–water partition coefficient (Wildman–Crippen LogP) is 2.77. The fraction of sp³-hybridized carbons (Fsp3) is 1.00. The van der Waals surface area contributed by atoms with Crippen LogP contribution in [-0.2, 0) is 9.09 Å². The quantitative estimate of drug-likeness (QED) is 0.615. The van der Waals surface area contributed by atoms with Gasteiger partial charge in [0.25, 0.3) is 6.72 Å². The maximum Gasteiger partial charge on any atom is 0.294 e. The second kappa shape index (κ2) is 3.55. The van der Waals surface area contributed by atoms with E-state index in [1.54, 1.807) is 13.8 Å². The maximum absolute atomic E-state index is 11.4. The Labute approximate surface area is 58.6 Å². The Balaban J connectivity index is 3.87. The first kappa shape index (κ1) is 9.41. The van der Waals surface area contributed by atoms with Gasteiger partial charge in [-0.1, -0.05) is 13.8 Å². The van der Waals surface area contributed by atoms with Gasteiger partial charge in [0.05, 0.1) is 0 Å². The summed E-state index contributed by atoms with van der Waals surface area (Å²) in [6, 6.07) is 0. The molecule has 0 aromatic rings. The molecule has 0 radical (unpaired) electrons. The highest BCUT2D eigenvalue weighted by molar-refractivity contribution is 7.85. The van der Waals surface area contributed by atoms with E-state index in [1.165, 1.54) is 0 Å². The van der Waals surface area contributed by atoms with E-state index in [9.17, 15) is 8.96 Å². The van der Waals surface area contributed by atoms with Gasteiger partial charge in [-0.15, -0.1) is 0 Å². The summed E-state index contributed by atoms with van der Waals surface area (Å²) in [7, 11) is 0. The standard InChI is InChI=1S/C4H9ClFO2P/c1-4(2)9(5,7)8-3-6/h4H,3H2,1-2H3. The van der Waals surface area contributed by atoms with Gasteiger partial charge in [0.1, 0.15) is 0 Å². The molecule has 56 valence electrons. The van der Waals surface area contributed by atoms with Gasteiger partial charge in [0.15, 0.2) is 6.86 Å². The summed E-state index contributed by atoms with van der Waals surface area (Å²) in [5.74, 6) is 0. The molecular formula is C4H9ClFO2P. The molecular weight excluding hydrogens is 165 g/mol. The van der Waals surface area contributed by atoms with Crippen LogP contribution in [0.15, 0.2) is 0 Å². The molecule has 0 aromatic heterocycles. The van der Waals surface area contributed by atoms with Crippen LogP contribution >= 0.6 is 18.0 Å². The van der Waals surface area contributed by atoms with E-state index < -0.39 is 13.6 Å². The van der Waals surface area contributed by atoms with Crippen LogP contribution in [0.1, 0.15) is 13.8 Å². The summed E-state index contributed by atoms with van der Waals surface area (Å²) < 4.78 is 26.3. The van der Waals surface area contributed by atoms with Crippen molar-refractivity contribution in [1.82, 2.24) is 0 Å². The molecule has 0 fully saturated rings. The van der Waals surface area contributed by atoms with Gasteiger partial charge in [0, 0.05) is 5.66 Å². The molecule has 1 unspecified atom stereocenters. The number of halogens is 2. The lowest BCUT2D eigenvalue weighted by Gasteiger charge is -2.10. The third-order valence-corrected chi connectivity index (χ3v) is 3.99. The molecule has 9 heavy (non-hydrogen) atoms. The van der Waals surface area contributed by atoms with Crippen LogP contribution in [0.2, 0.25) is 0 Å². The summed E-state index contributed by atoms with van der Waals surface area (Å²) in [6.07, 6.45) is 0. The lowest BCUT2D eigenvalue weighted by atomic mass is 10.6. The van der Waals surface area contributed by atoms with Crippen molar-refractivity contribution in [1.29, 1.82) is 0 Å². The topological polar surface area (TPSA) is 26.3 Å². The van der Waals surface area contributed by atoms with E-state index in [2.05, 4.69) is 4.52 Å². The molecule has 1 atom stereocenters. The van der Waals surface area contributed by atoms with E-state index in [0.717, 1.165) is 0 Å². The second-order valence-corrected chi connectivity index (χ2v) is 5.60. The molecule has 0 N–H and O–H groups in total. The predicted molar refractivity (Wildman–Crippen MR) is 35.7 cm³/mol. The molecule has 0 rings (SSSR count). The molecule has 0 amide bonds.